The Kier molecular flexibility index (Phi) is 6.18. The van der Waals surface area contributed by atoms with Crippen LogP contribution in [0.2, 0.25) is 0 Å². The third-order valence-corrected chi connectivity index (χ3v) is 7.13. The molecule has 0 saturated carbocycles. The number of amides is 1. The van der Waals surface area contributed by atoms with Gasteiger partial charge in [-0.3, -0.25) is 4.79 Å². The molecule has 4 nitrogen and oxygen atoms in total. The van der Waals surface area contributed by atoms with Crippen molar-refractivity contribution in [2.75, 3.05) is 31.6 Å². The SMILES string of the molecule is CC(=O)Nc1sc2c(c1C(c1ccc(C(F)(F)F)cc1)[NH+]1CCOCC1)CCCC2. The lowest BCUT2D eigenvalue weighted by atomic mass is 9.88. The summed E-state index contributed by atoms with van der Waals surface area (Å²) in [5, 5.41) is 3.86. The molecule has 1 unspecified atom stereocenters. The molecule has 2 N–H and O–H groups in total. The Balaban J connectivity index is 1.82. The number of rotatable bonds is 4. The first-order chi connectivity index (χ1) is 14.3. The number of hydrogen-bond acceptors (Lipinski definition) is 3. The summed E-state index contributed by atoms with van der Waals surface area (Å²) in [6.45, 7) is 4.28. The molecule has 1 atom stereocenters. The minimum atomic E-state index is -4.36. The molecule has 0 bridgehead atoms. The van der Waals surface area contributed by atoms with E-state index in [1.807, 2.05) is 0 Å². The molecule has 2 heterocycles. The van der Waals surface area contributed by atoms with E-state index in [1.165, 1.54) is 34.4 Å². The maximum absolute atomic E-state index is 13.1. The van der Waals surface area contributed by atoms with E-state index in [1.54, 1.807) is 23.5 Å². The highest BCUT2D eigenvalue weighted by atomic mass is 32.1. The highest BCUT2D eigenvalue weighted by molar-refractivity contribution is 7.16. The Morgan fingerprint density at radius 3 is 2.43 bits per heavy atom. The van der Waals surface area contributed by atoms with E-state index < -0.39 is 11.7 Å². The lowest BCUT2D eigenvalue weighted by molar-refractivity contribution is -0.933. The number of benzene rings is 1. The fourth-order valence-electron chi connectivity index (χ4n) is 4.54. The van der Waals surface area contributed by atoms with Gasteiger partial charge in [0.05, 0.1) is 24.3 Å². The van der Waals surface area contributed by atoms with E-state index in [2.05, 4.69) is 5.32 Å². The second-order valence-electron chi connectivity index (χ2n) is 7.96. The van der Waals surface area contributed by atoms with Gasteiger partial charge >= 0.3 is 6.18 Å². The van der Waals surface area contributed by atoms with Crippen LogP contribution >= 0.6 is 11.3 Å². The summed E-state index contributed by atoms with van der Waals surface area (Å²) in [4.78, 5) is 14.5. The molecule has 0 radical (unpaired) electrons. The van der Waals surface area contributed by atoms with Crippen LogP contribution in [-0.2, 0) is 28.5 Å². The van der Waals surface area contributed by atoms with Crippen molar-refractivity contribution in [1.82, 2.24) is 0 Å². The molecule has 1 aromatic carbocycles. The largest absolute Gasteiger partial charge is 0.416 e. The number of carbonyl (C=O) groups is 1. The van der Waals surface area contributed by atoms with Gasteiger partial charge in [-0.2, -0.15) is 13.2 Å². The number of morpholine rings is 1. The molecule has 0 spiro atoms. The minimum absolute atomic E-state index is 0.127. The molecule has 162 valence electrons. The van der Waals surface area contributed by atoms with Gasteiger partial charge < -0.3 is 15.0 Å². The second kappa shape index (κ2) is 8.69. The summed E-state index contributed by atoms with van der Waals surface area (Å²) >= 11 is 1.63. The molecule has 1 aliphatic heterocycles. The van der Waals surface area contributed by atoms with Crippen molar-refractivity contribution in [1.29, 1.82) is 0 Å². The molecule has 8 heteroatoms. The highest BCUT2D eigenvalue weighted by Crippen LogP contribution is 2.43. The predicted octanol–water partition coefficient (Wildman–Crippen LogP) is 3.61. The first-order valence-corrected chi connectivity index (χ1v) is 11.2. The zero-order valence-electron chi connectivity index (χ0n) is 16.9. The van der Waals surface area contributed by atoms with Crippen molar-refractivity contribution in [3.05, 3.63) is 51.4 Å². The van der Waals surface area contributed by atoms with Crippen LogP contribution in [0.15, 0.2) is 24.3 Å². The van der Waals surface area contributed by atoms with E-state index in [9.17, 15) is 18.0 Å². The van der Waals surface area contributed by atoms with Crippen LogP contribution in [0, 0.1) is 0 Å². The van der Waals surface area contributed by atoms with Crippen molar-refractivity contribution >= 4 is 22.2 Å². The second-order valence-corrected chi connectivity index (χ2v) is 9.06. The number of halogens is 3. The van der Waals surface area contributed by atoms with Crippen LogP contribution in [-0.4, -0.2) is 32.2 Å². The van der Waals surface area contributed by atoms with Gasteiger partial charge in [0.15, 0.2) is 0 Å². The topological polar surface area (TPSA) is 42.8 Å². The predicted molar refractivity (Wildman–Crippen MR) is 110 cm³/mol. The van der Waals surface area contributed by atoms with Gasteiger partial charge in [-0.1, -0.05) is 12.1 Å². The van der Waals surface area contributed by atoms with Gasteiger partial charge in [0, 0.05) is 17.4 Å². The van der Waals surface area contributed by atoms with Gasteiger partial charge in [0.25, 0.3) is 0 Å². The third kappa shape index (κ3) is 4.40. The van der Waals surface area contributed by atoms with Gasteiger partial charge in [-0.15, -0.1) is 11.3 Å². The standard InChI is InChI=1S/C22H25F3N2O2S/c1-14(28)26-21-19(17-4-2-3-5-18(17)30-21)20(27-10-12-29-13-11-27)15-6-8-16(9-7-15)22(23,24)25/h6-9,20H,2-5,10-13H2,1H3,(H,26,28)/p+1. The monoisotopic (exact) mass is 439 g/mol. The smallest absolute Gasteiger partial charge is 0.370 e. The van der Waals surface area contributed by atoms with Crippen LogP contribution in [0.1, 0.15) is 52.9 Å². The van der Waals surface area contributed by atoms with E-state index >= 15 is 0 Å². The average Bonchev–Trinajstić information content (AvgIpc) is 3.06. The van der Waals surface area contributed by atoms with E-state index in [0.717, 1.165) is 54.9 Å². The number of ether oxygens (including phenoxy) is 1. The van der Waals surface area contributed by atoms with Crippen molar-refractivity contribution in [2.45, 2.75) is 44.8 Å². The minimum Gasteiger partial charge on any atom is -0.370 e. The number of anilines is 1. The van der Waals surface area contributed by atoms with Gasteiger partial charge in [0.2, 0.25) is 5.91 Å². The fourth-order valence-corrected chi connectivity index (χ4v) is 5.92. The molecule has 1 amide bonds. The number of alkyl halides is 3. The van der Waals surface area contributed by atoms with Crippen molar-refractivity contribution in [3.8, 4) is 0 Å². The maximum Gasteiger partial charge on any atom is 0.416 e. The van der Waals surface area contributed by atoms with Gasteiger partial charge in [0.1, 0.15) is 24.1 Å². The normalized spacial score (nSPS) is 18.7. The summed E-state index contributed by atoms with van der Waals surface area (Å²) in [6.07, 6.45) is -0.203. The number of carbonyl (C=O) groups excluding carboxylic acids is 1. The highest BCUT2D eigenvalue weighted by Gasteiger charge is 2.36. The fraction of sp³-hybridized carbons (Fsp3) is 0.500. The first-order valence-electron chi connectivity index (χ1n) is 10.4. The summed E-state index contributed by atoms with van der Waals surface area (Å²) in [5.41, 5.74) is 2.56. The average molecular weight is 440 g/mol. The van der Waals surface area contributed by atoms with Crippen molar-refractivity contribution < 1.29 is 27.6 Å². The number of quaternary nitrogens is 1. The summed E-state index contributed by atoms with van der Waals surface area (Å²) < 4.78 is 44.9. The van der Waals surface area contributed by atoms with Crippen LogP contribution in [0.5, 0.6) is 0 Å². The molecular formula is C22H26F3N2O2S+. The zero-order chi connectivity index (χ0) is 21.3. The van der Waals surface area contributed by atoms with Crippen molar-refractivity contribution in [3.63, 3.8) is 0 Å². The molecule has 1 saturated heterocycles. The molecule has 30 heavy (non-hydrogen) atoms. The van der Waals surface area contributed by atoms with Crippen molar-refractivity contribution in [2.24, 2.45) is 0 Å². The lowest BCUT2D eigenvalue weighted by Gasteiger charge is -2.33. The zero-order valence-corrected chi connectivity index (χ0v) is 17.7. The molecule has 2 aromatic rings. The molecule has 1 fully saturated rings. The number of aryl methyl sites for hydroxylation is 1. The lowest BCUT2D eigenvalue weighted by Crippen LogP contribution is -3.14. The van der Waals surface area contributed by atoms with Crippen LogP contribution in [0.3, 0.4) is 0 Å². The van der Waals surface area contributed by atoms with E-state index in [-0.39, 0.29) is 11.9 Å². The van der Waals surface area contributed by atoms with Crippen LogP contribution < -0.4 is 10.2 Å². The Morgan fingerprint density at radius 1 is 1.13 bits per heavy atom. The molecule has 1 aromatic heterocycles. The molecule has 2 aliphatic rings. The van der Waals surface area contributed by atoms with E-state index in [4.69, 9.17) is 4.74 Å². The molecule has 4 rings (SSSR count). The number of thiophene rings is 1. The summed E-state index contributed by atoms with van der Waals surface area (Å²) in [6, 6.07) is 5.40. The van der Waals surface area contributed by atoms with Gasteiger partial charge in [-0.05, 0) is 43.4 Å². The maximum atomic E-state index is 13.1. The van der Waals surface area contributed by atoms with Crippen LogP contribution in [0.4, 0.5) is 18.2 Å². The molecular weight excluding hydrogens is 413 g/mol. The first kappa shape index (κ1) is 21.3. The third-order valence-electron chi connectivity index (χ3n) is 5.91. The Bertz CT molecular complexity index is 902. The Morgan fingerprint density at radius 2 is 1.80 bits per heavy atom. The summed E-state index contributed by atoms with van der Waals surface area (Å²) in [7, 11) is 0. The van der Waals surface area contributed by atoms with E-state index in [0.29, 0.717) is 13.2 Å². The number of nitrogens with one attached hydrogen (secondary N) is 2. The molecule has 1 aliphatic carbocycles. The van der Waals surface area contributed by atoms with Gasteiger partial charge in [-0.25, -0.2) is 0 Å². The number of fused-ring (bicyclic) bond motifs is 1. The summed E-state index contributed by atoms with van der Waals surface area (Å²) in [5.74, 6) is -0.127. The Labute approximate surface area is 178 Å². The number of hydrogen-bond donors (Lipinski definition) is 2. The quantitative estimate of drug-likeness (QED) is 0.765. The van der Waals surface area contributed by atoms with Crippen LogP contribution in [0.25, 0.3) is 0 Å². The Hall–Kier alpha value is -1.90.